The van der Waals surface area contributed by atoms with Gasteiger partial charge < -0.3 is 14.5 Å². The van der Waals surface area contributed by atoms with Crippen LogP contribution in [0.4, 0.5) is 0 Å². The minimum absolute atomic E-state index is 0.0371. The van der Waals surface area contributed by atoms with E-state index in [1.54, 1.807) is 16.9 Å². The topological polar surface area (TPSA) is 63.0 Å². The van der Waals surface area contributed by atoms with E-state index in [-0.39, 0.29) is 18.1 Å². The molecule has 2 atom stereocenters. The summed E-state index contributed by atoms with van der Waals surface area (Å²) >= 11 is 0. The molecule has 0 spiro atoms. The predicted molar refractivity (Wildman–Crippen MR) is 113 cm³/mol. The first kappa shape index (κ1) is 19.2. The van der Waals surface area contributed by atoms with Crippen LogP contribution in [0.5, 0.6) is 0 Å². The normalized spacial score (nSPS) is 22.6. The fourth-order valence-corrected chi connectivity index (χ4v) is 4.65. The number of carbonyl (C=O) groups excluding carboxylic acids is 1. The summed E-state index contributed by atoms with van der Waals surface area (Å²) in [6, 6.07) is 10.1. The molecule has 156 valence electrons. The van der Waals surface area contributed by atoms with Gasteiger partial charge in [-0.3, -0.25) is 4.79 Å². The van der Waals surface area contributed by atoms with Gasteiger partial charge in [-0.05, 0) is 44.0 Å². The summed E-state index contributed by atoms with van der Waals surface area (Å²) in [6.07, 6.45) is 7.72. The number of nitrogens with zero attached hydrogens (tertiary/aromatic N) is 5. The lowest BCUT2D eigenvalue weighted by molar-refractivity contribution is -0.0706. The van der Waals surface area contributed by atoms with Crippen LogP contribution in [0, 0.1) is 6.92 Å². The van der Waals surface area contributed by atoms with E-state index in [1.165, 1.54) is 12.8 Å². The predicted octanol–water partition coefficient (Wildman–Crippen LogP) is 2.72. The number of hydrogen-bond acceptors (Lipinski definition) is 5. The van der Waals surface area contributed by atoms with Gasteiger partial charge in [0.15, 0.2) is 5.65 Å². The largest absolute Gasteiger partial charge is 0.373 e. The number of aromatic nitrogens is 3. The van der Waals surface area contributed by atoms with E-state index >= 15 is 0 Å². The van der Waals surface area contributed by atoms with Crippen molar-refractivity contribution in [1.29, 1.82) is 0 Å². The molecular weight excluding hydrogens is 378 g/mol. The molecule has 5 rings (SSSR count). The molecule has 0 unspecified atom stereocenters. The van der Waals surface area contributed by atoms with Gasteiger partial charge in [0.25, 0.3) is 5.91 Å². The number of fused-ring (bicyclic) bond motifs is 1. The molecule has 0 aliphatic carbocycles. The summed E-state index contributed by atoms with van der Waals surface area (Å²) in [5.41, 5.74) is 3.25. The Bertz CT molecular complexity index is 1030. The van der Waals surface area contributed by atoms with Gasteiger partial charge in [0, 0.05) is 25.5 Å². The van der Waals surface area contributed by atoms with Crippen molar-refractivity contribution in [3.8, 4) is 0 Å². The van der Waals surface area contributed by atoms with Crippen LogP contribution in [0.25, 0.3) is 5.65 Å². The summed E-state index contributed by atoms with van der Waals surface area (Å²) in [5.74, 6) is -0.0371. The molecule has 2 fully saturated rings. The van der Waals surface area contributed by atoms with Crippen LogP contribution in [-0.4, -0.2) is 69.2 Å². The maximum absolute atomic E-state index is 13.7. The van der Waals surface area contributed by atoms with Crippen molar-refractivity contribution in [3.63, 3.8) is 0 Å². The highest BCUT2D eigenvalue weighted by Crippen LogP contribution is 2.32. The molecule has 0 bridgehead atoms. The number of aryl methyl sites for hydroxylation is 1. The summed E-state index contributed by atoms with van der Waals surface area (Å²) < 4.78 is 7.92. The van der Waals surface area contributed by atoms with E-state index in [0.29, 0.717) is 24.4 Å². The van der Waals surface area contributed by atoms with E-state index in [9.17, 15) is 4.79 Å². The second kappa shape index (κ2) is 8.16. The molecule has 2 aliphatic rings. The summed E-state index contributed by atoms with van der Waals surface area (Å²) in [6.45, 7) is 6.11. The number of benzene rings is 1. The molecule has 30 heavy (non-hydrogen) atoms. The third-order valence-corrected chi connectivity index (χ3v) is 6.11. The van der Waals surface area contributed by atoms with E-state index < -0.39 is 0 Å². The number of likely N-dealkylation sites (tertiary alicyclic amines) is 1. The van der Waals surface area contributed by atoms with E-state index in [1.807, 2.05) is 36.2 Å². The maximum atomic E-state index is 13.7. The Morgan fingerprint density at radius 1 is 1.13 bits per heavy atom. The summed E-state index contributed by atoms with van der Waals surface area (Å²) in [7, 11) is 0. The first-order valence-electron chi connectivity index (χ1n) is 10.7. The van der Waals surface area contributed by atoms with Crippen LogP contribution in [-0.2, 0) is 4.74 Å². The van der Waals surface area contributed by atoms with Crippen molar-refractivity contribution in [1.82, 2.24) is 24.4 Å². The molecule has 0 N–H and O–H groups in total. The van der Waals surface area contributed by atoms with Crippen LogP contribution >= 0.6 is 0 Å². The van der Waals surface area contributed by atoms with Gasteiger partial charge >= 0.3 is 0 Å². The fourth-order valence-electron chi connectivity index (χ4n) is 4.65. The van der Waals surface area contributed by atoms with Gasteiger partial charge in [-0.25, -0.2) is 9.50 Å². The maximum Gasteiger partial charge on any atom is 0.260 e. The Morgan fingerprint density at radius 3 is 2.73 bits per heavy atom. The highest BCUT2D eigenvalue weighted by molar-refractivity contribution is 6.00. The highest BCUT2D eigenvalue weighted by Gasteiger charge is 2.38. The molecule has 2 aromatic heterocycles. The molecule has 2 aliphatic heterocycles. The van der Waals surface area contributed by atoms with Gasteiger partial charge in [-0.2, -0.15) is 5.10 Å². The minimum Gasteiger partial charge on any atom is -0.373 e. The van der Waals surface area contributed by atoms with Gasteiger partial charge in [0.1, 0.15) is 5.56 Å². The van der Waals surface area contributed by atoms with Gasteiger partial charge in [0.2, 0.25) is 0 Å². The Balaban J connectivity index is 1.50. The molecule has 1 aromatic carbocycles. The van der Waals surface area contributed by atoms with Gasteiger partial charge in [-0.15, -0.1) is 0 Å². The zero-order valence-electron chi connectivity index (χ0n) is 17.3. The lowest BCUT2D eigenvalue weighted by Gasteiger charge is -2.42. The van der Waals surface area contributed by atoms with Gasteiger partial charge in [-0.1, -0.05) is 30.3 Å². The molecular formula is C23H27N5O2. The second-order valence-electron chi connectivity index (χ2n) is 8.23. The lowest BCUT2D eigenvalue weighted by Crippen LogP contribution is -2.51. The molecule has 7 nitrogen and oxygen atoms in total. The van der Waals surface area contributed by atoms with E-state index in [2.05, 4.69) is 27.1 Å². The Labute approximate surface area is 176 Å². The van der Waals surface area contributed by atoms with Crippen molar-refractivity contribution < 1.29 is 9.53 Å². The molecule has 0 radical (unpaired) electrons. The lowest BCUT2D eigenvalue weighted by atomic mass is 9.96. The van der Waals surface area contributed by atoms with E-state index in [4.69, 9.17) is 4.74 Å². The Hall–Kier alpha value is -2.77. The SMILES string of the molecule is Cc1cnc2c(C(=O)N3CCO[C@@H](CN4CCCC4)[C@@H]3c3ccccc3)cnn2c1. The smallest absolute Gasteiger partial charge is 0.260 e. The number of rotatable bonds is 4. The molecule has 4 heterocycles. The monoisotopic (exact) mass is 405 g/mol. The molecule has 1 amide bonds. The third-order valence-electron chi connectivity index (χ3n) is 6.11. The molecule has 7 heteroatoms. The quantitative estimate of drug-likeness (QED) is 0.668. The van der Waals surface area contributed by atoms with Crippen molar-refractivity contribution in [3.05, 3.63) is 65.6 Å². The van der Waals surface area contributed by atoms with Crippen LogP contribution < -0.4 is 0 Å². The van der Waals surface area contributed by atoms with Crippen LogP contribution in [0.3, 0.4) is 0 Å². The second-order valence-corrected chi connectivity index (χ2v) is 8.23. The molecule has 3 aromatic rings. The summed E-state index contributed by atoms with van der Waals surface area (Å²) in [5, 5.41) is 4.36. The van der Waals surface area contributed by atoms with Crippen LogP contribution in [0.1, 0.15) is 40.4 Å². The van der Waals surface area contributed by atoms with Crippen LogP contribution in [0.2, 0.25) is 0 Å². The number of amides is 1. The van der Waals surface area contributed by atoms with Crippen molar-refractivity contribution >= 4 is 11.6 Å². The van der Waals surface area contributed by atoms with Crippen molar-refractivity contribution in [2.75, 3.05) is 32.8 Å². The zero-order chi connectivity index (χ0) is 20.5. The van der Waals surface area contributed by atoms with E-state index in [0.717, 1.165) is 30.8 Å². The molecule has 2 saturated heterocycles. The summed E-state index contributed by atoms with van der Waals surface area (Å²) in [4.78, 5) is 22.6. The number of ether oxygens (including phenoxy) is 1. The first-order valence-corrected chi connectivity index (χ1v) is 10.7. The average Bonchev–Trinajstić information content (AvgIpc) is 3.43. The highest BCUT2D eigenvalue weighted by atomic mass is 16.5. The first-order chi connectivity index (χ1) is 14.7. The van der Waals surface area contributed by atoms with Crippen LogP contribution in [0.15, 0.2) is 48.9 Å². The standard InChI is InChI=1S/C23H27N5O2/c1-17-13-24-22-19(14-25-28(22)15-17)23(29)27-11-12-30-20(16-26-9-5-6-10-26)21(27)18-7-3-2-4-8-18/h2-4,7-8,13-15,20-21H,5-6,9-12,16H2,1H3/t20-,21-/m0/s1. The van der Waals surface area contributed by atoms with Gasteiger partial charge in [0.05, 0.1) is 24.9 Å². The zero-order valence-corrected chi connectivity index (χ0v) is 17.3. The number of morpholine rings is 1. The average molecular weight is 406 g/mol. The fraction of sp³-hybridized carbons (Fsp3) is 0.435. The number of hydrogen-bond donors (Lipinski definition) is 0. The Morgan fingerprint density at radius 2 is 1.93 bits per heavy atom. The number of carbonyl (C=O) groups is 1. The Kier molecular flexibility index (Phi) is 5.23. The minimum atomic E-state index is -0.131. The third kappa shape index (κ3) is 3.59. The van der Waals surface area contributed by atoms with Crippen molar-refractivity contribution in [2.24, 2.45) is 0 Å². The molecule has 0 saturated carbocycles. The van der Waals surface area contributed by atoms with Crippen molar-refractivity contribution in [2.45, 2.75) is 31.9 Å².